The van der Waals surface area contributed by atoms with Crippen LogP contribution in [0.15, 0.2) is 50.5 Å². The number of hydrogen-bond donors (Lipinski definition) is 2. The summed E-state index contributed by atoms with van der Waals surface area (Å²) in [4.78, 5) is 8.07. The molecular weight excluding hydrogens is 356 g/mol. The van der Waals surface area contributed by atoms with Gasteiger partial charge in [0.2, 0.25) is 0 Å². The van der Waals surface area contributed by atoms with E-state index >= 15 is 0 Å². The number of hydrogen-bond acceptors (Lipinski definition) is 6. The van der Waals surface area contributed by atoms with Crippen LogP contribution in [0.4, 0.5) is 5.69 Å². The fraction of sp³-hybridized carbons (Fsp3) is 0.167. The van der Waals surface area contributed by atoms with Crippen LogP contribution in [0.5, 0.6) is 0 Å². The van der Waals surface area contributed by atoms with Gasteiger partial charge >= 0.3 is 17.1 Å². The summed E-state index contributed by atoms with van der Waals surface area (Å²) in [6.45, 7) is 2.51. The van der Waals surface area contributed by atoms with E-state index < -0.39 is 0 Å². The van der Waals surface area contributed by atoms with Crippen molar-refractivity contribution in [3.8, 4) is 0 Å². The smallest absolute Gasteiger partial charge is 0.741 e. The largest absolute Gasteiger partial charge is 2.00 e. The zero-order valence-electron chi connectivity index (χ0n) is 11.2. The quantitative estimate of drug-likeness (QED) is 0.270. The SMILES string of the molecule is CCN=C([S-])N/N=C/C=N/NC([S-])=Nc1ccccc1.[Cu+2]. The number of nitrogens with zero attached hydrogens (tertiary/aromatic N) is 4. The van der Waals surface area contributed by atoms with Gasteiger partial charge in [-0.2, -0.15) is 10.2 Å². The van der Waals surface area contributed by atoms with E-state index in [9.17, 15) is 0 Å². The third kappa shape index (κ3) is 9.91. The first-order chi connectivity index (χ1) is 9.72. The summed E-state index contributed by atoms with van der Waals surface area (Å²) in [6, 6.07) is 9.37. The van der Waals surface area contributed by atoms with Crippen molar-refractivity contribution in [3.05, 3.63) is 30.3 Å². The summed E-state index contributed by atoms with van der Waals surface area (Å²) < 4.78 is 0. The Labute approximate surface area is 145 Å². The fourth-order valence-electron chi connectivity index (χ4n) is 1.08. The van der Waals surface area contributed by atoms with Crippen LogP contribution in [0.25, 0.3) is 0 Å². The van der Waals surface area contributed by atoms with Gasteiger partial charge in [0.1, 0.15) is 0 Å². The van der Waals surface area contributed by atoms with Crippen LogP contribution in [0.2, 0.25) is 0 Å². The van der Waals surface area contributed by atoms with Crippen LogP contribution in [0.1, 0.15) is 6.92 Å². The molecule has 0 aliphatic heterocycles. The third-order valence-electron chi connectivity index (χ3n) is 1.82. The summed E-state index contributed by atoms with van der Waals surface area (Å²) in [6.07, 6.45) is 2.85. The van der Waals surface area contributed by atoms with Gasteiger partial charge in [-0.1, -0.05) is 18.2 Å². The summed E-state index contributed by atoms with van der Waals surface area (Å²) in [5.41, 5.74) is 5.94. The van der Waals surface area contributed by atoms with Crippen molar-refractivity contribution in [3.63, 3.8) is 0 Å². The first kappa shape index (κ1) is 19.5. The molecule has 1 rings (SSSR count). The Morgan fingerprint density at radius 2 is 1.62 bits per heavy atom. The van der Waals surface area contributed by atoms with Crippen LogP contribution in [-0.2, 0) is 42.3 Å². The molecule has 115 valence electrons. The van der Waals surface area contributed by atoms with Crippen molar-refractivity contribution >= 4 is 53.7 Å². The van der Waals surface area contributed by atoms with Crippen molar-refractivity contribution in [2.24, 2.45) is 20.2 Å². The molecule has 0 saturated heterocycles. The molecule has 0 aromatic heterocycles. The average molecular weight is 370 g/mol. The minimum atomic E-state index is 0. The minimum absolute atomic E-state index is 0. The summed E-state index contributed by atoms with van der Waals surface area (Å²) in [5.74, 6) is 0. The van der Waals surface area contributed by atoms with E-state index in [1.807, 2.05) is 37.3 Å². The zero-order valence-corrected chi connectivity index (χ0v) is 13.7. The molecule has 2 N–H and O–H groups in total. The standard InChI is InChI=1S/C12H16N6S2.Cu/c1-2-13-11(19)17-14-8-9-15-18-12(20)16-10-6-4-3-5-7-10;/h3-9H,2H2,1H3,(H2,13,17,19)(H2,16,18,20);/q;+2/p-2/b14-8+,15-9+;. The van der Waals surface area contributed by atoms with Crippen LogP contribution >= 0.6 is 0 Å². The normalized spacial score (nSPS) is 12.4. The van der Waals surface area contributed by atoms with E-state index in [1.54, 1.807) is 0 Å². The number of para-hydroxylation sites is 1. The van der Waals surface area contributed by atoms with E-state index in [1.165, 1.54) is 12.4 Å². The van der Waals surface area contributed by atoms with E-state index in [0.717, 1.165) is 5.69 Å². The molecule has 6 nitrogen and oxygen atoms in total. The molecule has 0 bridgehead atoms. The Balaban J connectivity index is 0.00000400. The van der Waals surface area contributed by atoms with Gasteiger partial charge in [-0.3, -0.25) is 20.8 Å². The fourth-order valence-corrected chi connectivity index (χ4v) is 1.42. The molecule has 0 aliphatic rings. The summed E-state index contributed by atoms with van der Waals surface area (Å²) >= 11 is 9.86. The number of aliphatic imine (C=N–C) groups is 2. The number of benzene rings is 1. The molecule has 0 unspecified atom stereocenters. The molecule has 0 amide bonds. The van der Waals surface area contributed by atoms with Crippen LogP contribution < -0.4 is 10.9 Å². The molecule has 1 radical (unpaired) electrons. The van der Waals surface area contributed by atoms with Crippen molar-refractivity contribution in [1.82, 2.24) is 10.9 Å². The van der Waals surface area contributed by atoms with Gasteiger partial charge in [0.15, 0.2) is 0 Å². The van der Waals surface area contributed by atoms with Crippen molar-refractivity contribution in [2.75, 3.05) is 6.54 Å². The molecule has 1 aromatic carbocycles. The molecule has 21 heavy (non-hydrogen) atoms. The van der Waals surface area contributed by atoms with Gasteiger partial charge in [0.25, 0.3) is 0 Å². The second-order valence-electron chi connectivity index (χ2n) is 3.31. The number of rotatable bonds is 5. The van der Waals surface area contributed by atoms with Gasteiger partial charge in [-0.05, 0) is 24.2 Å². The maximum atomic E-state index is 5.00. The molecular formula is C12H14CuN6S2. The van der Waals surface area contributed by atoms with Gasteiger partial charge in [-0.15, -0.1) is 0 Å². The molecule has 9 heteroatoms. The monoisotopic (exact) mass is 369 g/mol. The van der Waals surface area contributed by atoms with E-state index in [2.05, 4.69) is 31.0 Å². The number of amidine groups is 2. The maximum absolute atomic E-state index is 5.00. The van der Waals surface area contributed by atoms with E-state index in [-0.39, 0.29) is 22.2 Å². The van der Waals surface area contributed by atoms with Crippen LogP contribution in [-0.4, -0.2) is 29.3 Å². The molecule has 0 heterocycles. The first-order valence-corrected chi connectivity index (χ1v) is 6.63. The Morgan fingerprint density at radius 3 is 2.19 bits per heavy atom. The van der Waals surface area contributed by atoms with Crippen molar-refractivity contribution in [2.45, 2.75) is 6.92 Å². The molecule has 1 aromatic rings. The summed E-state index contributed by atoms with van der Waals surface area (Å²) in [7, 11) is 0. The van der Waals surface area contributed by atoms with Gasteiger partial charge < -0.3 is 25.3 Å². The first-order valence-electron chi connectivity index (χ1n) is 5.81. The number of hydrazone groups is 2. The van der Waals surface area contributed by atoms with Crippen molar-refractivity contribution < 1.29 is 17.1 Å². The predicted molar refractivity (Wildman–Crippen MR) is 89.5 cm³/mol. The molecule has 0 aliphatic carbocycles. The molecule has 0 fully saturated rings. The second kappa shape index (κ2) is 12.2. The Bertz CT molecular complexity index is 516. The molecule has 0 atom stereocenters. The minimum Gasteiger partial charge on any atom is -0.741 e. The average Bonchev–Trinajstić information content (AvgIpc) is 2.44. The predicted octanol–water partition coefficient (Wildman–Crippen LogP) is 1.29. The summed E-state index contributed by atoms with van der Waals surface area (Å²) in [5, 5.41) is 8.24. The maximum Gasteiger partial charge on any atom is 2.00 e. The van der Waals surface area contributed by atoms with Crippen LogP contribution in [0.3, 0.4) is 0 Å². The van der Waals surface area contributed by atoms with Crippen molar-refractivity contribution in [1.29, 1.82) is 0 Å². The second-order valence-corrected chi connectivity index (χ2v) is 4.09. The van der Waals surface area contributed by atoms with Crippen LogP contribution in [0, 0.1) is 0 Å². The van der Waals surface area contributed by atoms with Gasteiger partial charge in [0.05, 0.1) is 18.1 Å². The molecule has 0 saturated carbocycles. The Morgan fingerprint density at radius 1 is 1.05 bits per heavy atom. The van der Waals surface area contributed by atoms with E-state index in [4.69, 9.17) is 25.3 Å². The topological polar surface area (TPSA) is 73.5 Å². The van der Waals surface area contributed by atoms with Gasteiger partial charge in [0, 0.05) is 11.7 Å². The number of nitrogens with one attached hydrogen (secondary N) is 2. The van der Waals surface area contributed by atoms with E-state index in [0.29, 0.717) is 11.7 Å². The third-order valence-corrected chi connectivity index (χ3v) is 2.23. The molecule has 0 spiro atoms. The van der Waals surface area contributed by atoms with Gasteiger partial charge in [-0.25, -0.2) is 0 Å². The Hall–Kier alpha value is -1.54. The zero-order chi connectivity index (χ0) is 14.6. The Kier molecular flexibility index (Phi) is 11.3.